The average molecular weight is 328 g/mol. The quantitative estimate of drug-likeness (QED) is 0.497. The number of furan rings is 1. The largest absolute Gasteiger partial charge is 0.461 e. The maximum Gasteiger partial charge on any atom is 0.134 e. The zero-order valence-electron chi connectivity index (χ0n) is 14.4. The van der Waals surface area contributed by atoms with E-state index >= 15 is 0 Å². The van der Waals surface area contributed by atoms with E-state index in [1.165, 1.54) is 5.69 Å². The fourth-order valence-corrected chi connectivity index (χ4v) is 3.19. The second kappa shape index (κ2) is 6.02. The van der Waals surface area contributed by atoms with Gasteiger partial charge in [-0.2, -0.15) is 0 Å². The van der Waals surface area contributed by atoms with Gasteiger partial charge in [-0.05, 0) is 62.4 Å². The van der Waals surface area contributed by atoms with Crippen LogP contribution in [0.4, 0.5) is 5.69 Å². The van der Waals surface area contributed by atoms with E-state index < -0.39 is 0 Å². The van der Waals surface area contributed by atoms with E-state index in [0.717, 1.165) is 39.7 Å². The van der Waals surface area contributed by atoms with Gasteiger partial charge in [-0.3, -0.25) is 0 Å². The highest BCUT2D eigenvalue weighted by atomic mass is 16.3. The van der Waals surface area contributed by atoms with E-state index in [4.69, 9.17) is 10.2 Å². The zero-order chi connectivity index (χ0) is 17.4. The number of aryl methyl sites for hydroxylation is 2. The molecule has 0 fully saturated rings. The molecule has 2 N–H and O–H groups in total. The molecule has 0 atom stereocenters. The number of rotatable bonds is 3. The van der Waals surface area contributed by atoms with Crippen LogP contribution in [0.1, 0.15) is 11.5 Å². The van der Waals surface area contributed by atoms with Gasteiger partial charge in [0.15, 0.2) is 0 Å². The lowest BCUT2D eigenvalue weighted by Crippen LogP contribution is -1.99. The van der Waals surface area contributed by atoms with Crippen LogP contribution in [0.25, 0.3) is 28.3 Å². The summed E-state index contributed by atoms with van der Waals surface area (Å²) in [6.45, 7) is 4.07. The summed E-state index contributed by atoms with van der Waals surface area (Å²) in [6, 6.07) is 24.6. The van der Waals surface area contributed by atoms with E-state index in [1.807, 2.05) is 37.3 Å². The van der Waals surface area contributed by atoms with Crippen molar-refractivity contribution in [2.45, 2.75) is 13.8 Å². The molecule has 3 nitrogen and oxygen atoms in total. The van der Waals surface area contributed by atoms with Crippen molar-refractivity contribution in [2.75, 3.05) is 5.73 Å². The molecule has 4 rings (SSSR count). The molecular weight excluding hydrogens is 308 g/mol. The Morgan fingerprint density at radius 3 is 2.36 bits per heavy atom. The van der Waals surface area contributed by atoms with Gasteiger partial charge in [0.1, 0.15) is 11.5 Å². The van der Waals surface area contributed by atoms with Crippen LogP contribution in [-0.2, 0) is 0 Å². The summed E-state index contributed by atoms with van der Waals surface area (Å²) in [5.41, 5.74) is 12.3. The highest BCUT2D eigenvalue weighted by Gasteiger charge is 2.11. The molecule has 25 heavy (non-hydrogen) atoms. The maximum atomic E-state index is 5.97. The molecule has 0 aliphatic heterocycles. The van der Waals surface area contributed by atoms with Crippen molar-refractivity contribution in [2.24, 2.45) is 0 Å². The van der Waals surface area contributed by atoms with E-state index in [0.29, 0.717) is 0 Å². The average Bonchev–Trinajstić information content (AvgIpc) is 3.21. The first-order valence-corrected chi connectivity index (χ1v) is 8.33. The molecule has 0 aliphatic carbocycles. The smallest absolute Gasteiger partial charge is 0.134 e. The summed E-state index contributed by atoms with van der Waals surface area (Å²) in [4.78, 5) is 0. The van der Waals surface area contributed by atoms with Crippen LogP contribution in [0.2, 0.25) is 0 Å². The minimum absolute atomic E-state index is 0.766. The number of hydrogen-bond acceptors (Lipinski definition) is 2. The molecule has 0 unspecified atom stereocenters. The van der Waals surface area contributed by atoms with E-state index in [9.17, 15) is 0 Å². The van der Waals surface area contributed by atoms with Crippen LogP contribution < -0.4 is 5.73 Å². The topological polar surface area (TPSA) is 44.1 Å². The SMILES string of the molecule is Cc1ccc(-c2cccc(-n3c(C)ccc3-c3cccc(N)c3)c2)o1. The summed E-state index contributed by atoms with van der Waals surface area (Å²) in [6.07, 6.45) is 0. The van der Waals surface area contributed by atoms with Gasteiger partial charge < -0.3 is 14.7 Å². The molecule has 4 aromatic rings. The van der Waals surface area contributed by atoms with Crippen LogP contribution in [0.3, 0.4) is 0 Å². The lowest BCUT2D eigenvalue weighted by Gasteiger charge is -2.13. The molecule has 0 saturated heterocycles. The first kappa shape index (κ1) is 15.3. The predicted octanol–water partition coefficient (Wildman–Crippen LogP) is 5.60. The Morgan fingerprint density at radius 2 is 1.60 bits per heavy atom. The summed E-state index contributed by atoms with van der Waals surface area (Å²) in [7, 11) is 0. The highest BCUT2D eigenvalue weighted by molar-refractivity contribution is 5.69. The van der Waals surface area contributed by atoms with Crippen molar-refractivity contribution in [3.63, 3.8) is 0 Å². The van der Waals surface area contributed by atoms with Gasteiger partial charge >= 0.3 is 0 Å². The molecule has 0 radical (unpaired) electrons. The normalized spacial score (nSPS) is 11.0. The molecule has 2 aromatic carbocycles. The highest BCUT2D eigenvalue weighted by Crippen LogP contribution is 2.30. The number of nitrogen functional groups attached to an aromatic ring is 1. The number of benzene rings is 2. The standard InChI is InChI=1S/C22H20N2O/c1-15-9-11-21(17-5-3-7-19(23)13-17)24(15)20-8-4-6-18(14-20)22-12-10-16(2)25-22/h3-14H,23H2,1-2H3. The Balaban J connectivity index is 1.84. The van der Waals surface area contributed by atoms with Gasteiger partial charge in [0, 0.05) is 28.2 Å². The number of anilines is 1. The third-order valence-electron chi connectivity index (χ3n) is 4.39. The number of nitrogens with zero attached hydrogens (tertiary/aromatic N) is 1. The van der Waals surface area contributed by atoms with Gasteiger partial charge in [0.25, 0.3) is 0 Å². The van der Waals surface area contributed by atoms with Gasteiger partial charge in [0.05, 0.1) is 5.69 Å². The Hall–Kier alpha value is -3.20. The second-order valence-electron chi connectivity index (χ2n) is 6.28. The third kappa shape index (κ3) is 2.85. The molecule has 3 heteroatoms. The zero-order valence-corrected chi connectivity index (χ0v) is 14.4. The minimum Gasteiger partial charge on any atom is -0.461 e. The van der Waals surface area contributed by atoms with E-state index in [2.05, 4.69) is 54.0 Å². The van der Waals surface area contributed by atoms with E-state index in [-0.39, 0.29) is 0 Å². The van der Waals surface area contributed by atoms with Crippen LogP contribution in [-0.4, -0.2) is 4.57 Å². The Labute approximate surface area is 147 Å². The Morgan fingerprint density at radius 1 is 0.800 bits per heavy atom. The second-order valence-corrected chi connectivity index (χ2v) is 6.28. The van der Waals surface area contributed by atoms with Crippen LogP contribution >= 0.6 is 0 Å². The van der Waals surface area contributed by atoms with Gasteiger partial charge in [-0.15, -0.1) is 0 Å². The fraction of sp³-hybridized carbons (Fsp3) is 0.0909. The molecule has 0 spiro atoms. The number of aromatic nitrogens is 1. The van der Waals surface area contributed by atoms with Crippen molar-refractivity contribution in [3.05, 3.63) is 84.3 Å². The lowest BCUT2D eigenvalue weighted by atomic mass is 10.1. The molecule has 2 aromatic heterocycles. The van der Waals surface area contributed by atoms with Crippen LogP contribution in [0, 0.1) is 13.8 Å². The summed E-state index contributed by atoms with van der Waals surface area (Å²) >= 11 is 0. The molecule has 0 saturated carbocycles. The van der Waals surface area contributed by atoms with Crippen molar-refractivity contribution in [1.29, 1.82) is 0 Å². The predicted molar refractivity (Wildman–Crippen MR) is 103 cm³/mol. The van der Waals surface area contributed by atoms with Crippen molar-refractivity contribution >= 4 is 5.69 Å². The molecule has 124 valence electrons. The molecule has 0 aliphatic rings. The van der Waals surface area contributed by atoms with Crippen LogP contribution in [0.5, 0.6) is 0 Å². The Kier molecular flexibility index (Phi) is 3.69. The molecule has 0 amide bonds. The lowest BCUT2D eigenvalue weighted by molar-refractivity contribution is 0.548. The molecule has 2 heterocycles. The fourth-order valence-electron chi connectivity index (χ4n) is 3.19. The van der Waals surface area contributed by atoms with Crippen molar-refractivity contribution in [1.82, 2.24) is 4.57 Å². The van der Waals surface area contributed by atoms with Gasteiger partial charge in [-0.25, -0.2) is 0 Å². The summed E-state index contributed by atoms with van der Waals surface area (Å²) in [5.74, 6) is 1.80. The van der Waals surface area contributed by atoms with Gasteiger partial charge in [0.2, 0.25) is 0 Å². The minimum atomic E-state index is 0.766. The van der Waals surface area contributed by atoms with Crippen molar-refractivity contribution < 1.29 is 4.42 Å². The number of nitrogens with two attached hydrogens (primary N) is 1. The van der Waals surface area contributed by atoms with Crippen LogP contribution in [0.15, 0.2) is 77.2 Å². The van der Waals surface area contributed by atoms with Crippen molar-refractivity contribution in [3.8, 4) is 28.3 Å². The Bertz CT molecular complexity index is 1040. The third-order valence-corrected chi connectivity index (χ3v) is 4.39. The molecule has 0 bridgehead atoms. The first-order chi connectivity index (χ1) is 12.1. The monoisotopic (exact) mass is 328 g/mol. The number of hydrogen-bond donors (Lipinski definition) is 1. The summed E-state index contributed by atoms with van der Waals surface area (Å²) < 4.78 is 8.02. The maximum absolute atomic E-state index is 5.97. The first-order valence-electron chi connectivity index (χ1n) is 8.33. The summed E-state index contributed by atoms with van der Waals surface area (Å²) in [5, 5.41) is 0. The molecular formula is C22H20N2O. The van der Waals surface area contributed by atoms with Gasteiger partial charge in [-0.1, -0.05) is 24.3 Å². The van der Waals surface area contributed by atoms with E-state index in [1.54, 1.807) is 0 Å².